The van der Waals surface area contributed by atoms with E-state index in [0.29, 0.717) is 0 Å². The van der Waals surface area contributed by atoms with Gasteiger partial charge in [0.25, 0.3) is 0 Å². The Labute approximate surface area is 98.3 Å². The lowest BCUT2D eigenvalue weighted by molar-refractivity contribution is 0.256. The molecule has 2 amide bonds. The van der Waals surface area contributed by atoms with Gasteiger partial charge in [0.2, 0.25) is 0 Å². The Morgan fingerprint density at radius 2 is 0.938 bits per heavy atom. The minimum Gasteiger partial charge on any atom is -0.352 e. The Morgan fingerprint density at radius 1 is 0.688 bits per heavy atom. The molecule has 0 spiro atoms. The molecule has 6 N–H and O–H groups in total. The van der Waals surface area contributed by atoms with Gasteiger partial charge in [0.05, 0.1) is 0 Å². The molecule has 0 aromatic carbocycles. The van der Waals surface area contributed by atoms with Crippen LogP contribution in [0.15, 0.2) is 0 Å². The van der Waals surface area contributed by atoms with Crippen LogP contribution in [0.25, 0.3) is 0 Å². The molecule has 16 heavy (non-hydrogen) atoms. The zero-order chi connectivity index (χ0) is 12.1. The van der Waals surface area contributed by atoms with E-state index in [1.807, 2.05) is 0 Å². The van der Waals surface area contributed by atoms with Crippen molar-refractivity contribution >= 4 is 6.03 Å². The highest BCUT2D eigenvalue weighted by Gasteiger charge is 1.94. The van der Waals surface area contributed by atoms with Crippen molar-refractivity contribution in [3.63, 3.8) is 0 Å². The van der Waals surface area contributed by atoms with E-state index in [1.54, 1.807) is 0 Å². The summed E-state index contributed by atoms with van der Waals surface area (Å²) in [6.07, 6.45) is 8.43. The quantitative estimate of drug-likeness (QED) is 0.489. The Hall–Kier alpha value is -0.810. The van der Waals surface area contributed by atoms with Crippen molar-refractivity contribution in [2.24, 2.45) is 11.5 Å². The van der Waals surface area contributed by atoms with Crippen LogP contribution in [0.3, 0.4) is 0 Å². The molecule has 2 aliphatic heterocycles. The van der Waals surface area contributed by atoms with Crippen LogP contribution in [0, 0.1) is 0 Å². The van der Waals surface area contributed by atoms with Crippen LogP contribution in [0.4, 0.5) is 4.79 Å². The molecular weight excluding hydrogens is 204 g/mol. The largest absolute Gasteiger partial charge is 0.352 e. The number of piperidine rings is 2. The van der Waals surface area contributed by atoms with Crippen molar-refractivity contribution in [1.29, 1.82) is 0 Å². The summed E-state index contributed by atoms with van der Waals surface area (Å²) in [5.74, 6) is 0. The summed E-state index contributed by atoms with van der Waals surface area (Å²) >= 11 is 0. The van der Waals surface area contributed by atoms with Crippen molar-refractivity contribution < 1.29 is 4.79 Å². The van der Waals surface area contributed by atoms with E-state index in [-0.39, 0.29) is 0 Å². The van der Waals surface area contributed by atoms with Crippen molar-refractivity contribution in [1.82, 2.24) is 10.6 Å². The van der Waals surface area contributed by atoms with E-state index in [1.165, 1.54) is 64.7 Å². The molecule has 0 saturated carbocycles. The number of urea groups is 1. The minimum absolute atomic E-state index is 0.833. The summed E-state index contributed by atoms with van der Waals surface area (Å²) in [6.45, 7) is 5.00. The summed E-state index contributed by atoms with van der Waals surface area (Å²) in [7, 11) is 0. The highest BCUT2D eigenvalue weighted by atomic mass is 16.2. The van der Waals surface area contributed by atoms with Gasteiger partial charge in [-0.3, -0.25) is 0 Å². The van der Waals surface area contributed by atoms with Gasteiger partial charge < -0.3 is 22.1 Å². The van der Waals surface area contributed by atoms with Crippen molar-refractivity contribution in [2.75, 3.05) is 26.2 Å². The molecule has 2 rings (SSSR count). The van der Waals surface area contributed by atoms with Crippen LogP contribution in [0.1, 0.15) is 38.5 Å². The number of amides is 2. The summed E-state index contributed by atoms with van der Waals surface area (Å²) < 4.78 is 0. The Morgan fingerprint density at radius 3 is 1.00 bits per heavy atom. The summed E-state index contributed by atoms with van der Waals surface area (Å²) in [6, 6.07) is -0.833. The number of hydrogen-bond donors (Lipinski definition) is 4. The number of carbonyl (C=O) groups is 1. The van der Waals surface area contributed by atoms with Crippen LogP contribution in [0.2, 0.25) is 0 Å². The molecule has 0 aromatic rings. The van der Waals surface area contributed by atoms with Gasteiger partial charge in [-0.15, -0.1) is 0 Å². The third-order valence-electron chi connectivity index (χ3n) is 2.41. The number of hydrogen-bond acceptors (Lipinski definition) is 3. The van der Waals surface area contributed by atoms with Crippen LogP contribution in [-0.2, 0) is 0 Å². The topological polar surface area (TPSA) is 93.2 Å². The van der Waals surface area contributed by atoms with Crippen molar-refractivity contribution in [2.45, 2.75) is 38.5 Å². The van der Waals surface area contributed by atoms with Gasteiger partial charge >= 0.3 is 6.03 Å². The molecule has 5 heteroatoms. The van der Waals surface area contributed by atoms with Gasteiger partial charge in [-0.1, -0.05) is 12.8 Å². The van der Waals surface area contributed by atoms with Crippen LogP contribution in [0.5, 0.6) is 0 Å². The lowest BCUT2D eigenvalue weighted by Crippen LogP contribution is -2.21. The smallest absolute Gasteiger partial charge is 0.309 e. The molecule has 0 unspecified atom stereocenters. The average molecular weight is 230 g/mol. The molecular formula is C11H26N4O. The first-order valence-electron chi connectivity index (χ1n) is 6.20. The van der Waals surface area contributed by atoms with Gasteiger partial charge in [0.1, 0.15) is 0 Å². The minimum atomic E-state index is -0.833. The maximum Gasteiger partial charge on any atom is 0.309 e. The maximum absolute atomic E-state index is 9.00. The second-order valence-electron chi connectivity index (χ2n) is 4.02. The molecule has 5 nitrogen and oxygen atoms in total. The maximum atomic E-state index is 9.00. The van der Waals surface area contributed by atoms with Gasteiger partial charge in [-0.2, -0.15) is 0 Å². The Balaban J connectivity index is 0.000000217. The van der Waals surface area contributed by atoms with Crippen LogP contribution < -0.4 is 22.1 Å². The molecule has 2 saturated heterocycles. The molecule has 0 aliphatic carbocycles. The first-order valence-corrected chi connectivity index (χ1v) is 6.20. The lowest BCUT2D eigenvalue weighted by atomic mass is 10.2. The van der Waals surface area contributed by atoms with Gasteiger partial charge in [0, 0.05) is 0 Å². The Bertz CT molecular complexity index is 117. The zero-order valence-electron chi connectivity index (χ0n) is 10.1. The van der Waals surface area contributed by atoms with Crippen molar-refractivity contribution in [3.05, 3.63) is 0 Å². The first kappa shape index (κ1) is 15.2. The van der Waals surface area contributed by atoms with Gasteiger partial charge in [-0.25, -0.2) is 4.79 Å². The van der Waals surface area contributed by atoms with E-state index in [9.17, 15) is 0 Å². The number of nitrogens with two attached hydrogens (primary N) is 2. The molecule has 2 heterocycles. The van der Waals surface area contributed by atoms with E-state index in [4.69, 9.17) is 4.79 Å². The predicted molar refractivity (Wildman–Crippen MR) is 67.2 cm³/mol. The first-order chi connectivity index (χ1) is 7.73. The Kier molecular flexibility index (Phi) is 11.6. The van der Waals surface area contributed by atoms with Crippen LogP contribution >= 0.6 is 0 Å². The highest BCUT2D eigenvalue weighted by molar-refractivity contribution is 5.69. The SMILES string of the molecule is C1CCNCC1.C1CCNCC1.NC(N)=O. The molecule has 2 aliphatic rings. The third-order valence-corrected chi connectivity index (χ3v) is 2.41. The predicted octanol–water partition coefficient (Wildman–Crippen LogP) is 0.544. The number of primary amides is 2. The molecule has 0 aromatic heterocycles. The van der Waals surface area contributed by atoms with E-state index < -0.39 is 6.03 Å². The lowest BCUT2D eigenvalue weighted by Gasteiger charge is -2.08. The second kappa shape index (κ2) is 12.3. The zero-order valence-corrected chi connectivity index (χ0v) is 10.1. The number of carbonyl (C=O) groups excluding carboxylic acids is 1. The number of nitrogens with one attached hydrogen (secondary N) is 2. The highest BCUT2D eigenvalue weighted by Crippen LogP contribution is 1.97. The van der Waals surface area contributed by atoms with E-state index in [2.05, 4.69) is 22.1 Å². The summed E-state index contributed by atoms with van der Waals surface area (Å²) in [5.41, 5.74) is 8.50. The van der Waals surface area contributed by atoms with E-state index in [0.717, 1.165) is 0 Å². The van der Waals surface area contributed by atoms with Crippen molar-refractivity contribution in [3.8, 4) is 0 Å². The van der Waals surface area contributed by atoms with E-state index >= 15 is 0 Å². The fourth-order valence-electron chi connectivity index (χ4n) is 1.60. The second-order valence-corrected chi connectivity index (χ2v) is 4.02. The summed E-state index contributed by atoms with van der Waals surface area (Å²) in [4.78, 5) is 9.00. The molecule has 0 bridgehead atoms. The van der Waals surface area contributed by atoms with Crippen LogP contribution in [-0.4, -0.2) is 32.2 Å². The van der Waals surface area contributed by atoms with Gasteiger partial charge in [-0.05, 0) is 51.9 Å². The fraction of sp³-hybridized carbons (Fsp3) is 0.909. The normalized spacial score (nSPS) is 19.5. The standard InChI is InChI=1S/2C5H11N.CH4N2O/c2*1-2-4-6-5-3-1;2-1(3)4/h2*6H,1-5H2;(H4,2,3,4). The summed E-state index contributed by atoms with van der Waals surface area (Å²) in [5, 5.41) is 6.57. The monoisotopic (exact) mass is 230 g/mol. The molecule has 0 atom stereocenters. The molecule has 96 valence electrons. The molecule has 0 radical (unpaired) electrons. The average Bonchev–Trinajstić information content (AvgIpc) is 2.34. The van der Waals surface area contributed by atoms with Gasteiger partial charge in [0.15, 0.2) is 0 Å². The number of rotatable bonds is 0. The molecule has 2 fully saturated rings. The fourth-order valence-corrected chi connectivity index (χ4v) is 1.60. The third kappa shape index (κ3) is 15.7.